The Labute approximate surface area is 164 Å². The summed E-state index contributed by atoms with van der Waals surface area (Å²) in [6, 6.07) is 10.9. The van der Waals surface area contributed by atoms with Crippen LogP contribution in [0.15, 0.2) is 47.4 Å². The number of methoxy groups -OCH3 is 1. The number of anilines is 1. The molecule has 0 saturated carbocycles. The lowest BCUT2D eigenvalue weighted by Gasteiger charge is -2.25. The maximum absolute atomic E-state index is 12.7. The van der Waals surface area contributed by atoms with Gasteiger partial charge in [0.15, 0.2) is 0 Å². The van der Waals surface area contributed by atoms with E-state index in [-0.39, 0.29) is 10.8 Å². The van der Waals surface area contributed by atoms with E-state index in [0.717, 1.165) is 19.3 Å². The fourth-order valence-corrected chi connectivity index (χ4v) is 4.75. The highest BCUT2D eigenvalue weighted by Gasteiger charge is 2.25. The third-order valence-electron chi connectivity index (χ3n) is 4.48. The fraction of sp³-hybridized carbons (Fsp3) is 0.316. The van der Waals surface area contributed by atoms with E-state index in [4.69, 9.17) is 16.3 Å². The van der Waals surface area contributed by atoms with Gasteiger partial charge in [0.05, 0.1) is 17.0 Å². The van der Waals surface area contributed by atoms with Gasteiger partial charge in [0.1, 0.15) is 5.75 Å². The molecule has 0 spiro atoms. The van der Waals surface area contributed by atoms with Gasteiger partial charge in [-0.2, -0.15) is 4.31 Å². The molecule has 0 atom stereocenters. The van der Waals surface area contributed by atoms with Crippen molar-refractivity contribution in [2.24, 2.45) is 0 Å². The van der Waals surface area contributed by atoms with E-state index in [1.807, 2.05) is 0 Å². The van der Waals surface area contributed by atoms with Gasteiger partial charge >= 0.3 is 0 Å². The summed E-state index contributed by atoms with van der Waals surface area (Å²) in [5.41, 5.74) is 0.885. The number of hydrogen-bond donors (Lipinski definition) is 1. The number of hydrogen-bond acceptors (Lipinski definition) is 4. The summed E-state index contributed by atoms with van der Waals surface area (Å²) in [4.78, 5) is 12.6. The van der Waals surface area contributed by atoms with Crippen molar-refractivity contribution in [1.29, 1.82) is 0 Å². The first-order valence-corrected chi connectivity index (χ1v) is 10.5. The van der Waals surface area contributed by atoms with Gasteiger partial charge in [-0.1, -0.05) is 18.0 Å². The molecule has 1 heterocycles. The number of piperidine rings is 1. The Morgan fingerprint density at radius 2 is 1.74 bits per heavy atom. The summed E-state index contributed by atoms with van der Waals surface area (Å²) < 4.78 is 31.9. The molecule has 1 N–H and O–H groups in total. The van der Waals surface area contributed by atoms with E-state index in [1.165, 1.54) is 29.6 Å². The second-order valence-corrected chi connectivity index (χ2v) is 8.64. The van der Waals surface area contributed by atoms with Crippen LogP contribution in [0.2, 0.25) is 5.02 Å². The van der Waals surface area contributed by atoms with Gasteiger partial charge in [-0.3, -0.25) is 4.79 Å². The van der Waals surface area contributed by atoms with Crippen LogP contribution in [0.5, 0.6) is 5.75 Å². The van der Waals surface area contributed by atoms with Crippen molar-refractivity contribution < 1.29 is 17.9 Å². The summed E-state index contributed by atoms with van der Waals surface area (Å²) in [7, 11) is -1.98. The average Bonchev–Trinajstić information content (AvgIpc) is 2.69. The molecular weight excluding hydrogens is 388 g/mol. The molecule has 1 amide bonds. The molecule has 2 aromatic rings. The van der Waals surface area contributed by atoms with Crippen molar-refractivity contribution >= 4 is 33.2 Å². The number of rotatable bonds is 5. The minimum Gasteiger partial charge on any atom is -0.495 e. The molecule has 27 heavy (non-hydrogen) atoms. The lowest BCUT2D eigenvalue weighted by atomic mass is 10.2. The molecule has 1 fully saturated rings. The zero-order chi connectivity index (χ0) is 19.4. The Morgan fingerprint density at radius 3 is 2.33 bits per heavy atom. The largest absolute Gasteiger partial charge is 0.495 e. The van der Waals surface area contributed by atoms with Crippen LogP contribution in [-0.4, -0.2) is 38.8 Å². The Hall–Kier alpha value is -2.09. The third-order valence-corrected chi connectivity index (χ3v) is 6.69. The van der Waals surface area contributed by atoms with Crippen LogP contribution < -0.4 is 10.1 Å². The average molecular weight is 409 g/mol. The molecule has 6 nitrogen and oxygen atoms in total. The smallest absolute Gasteiger partial charge is 0.255 e. The lowest BCUT2D eigenvalue weighted by Crippen LogP contribution is -2.35. The molecule has 1 aliphatic heterocycles. The van der Waals surface area contributed by atoms with Crippen LogP contribution in [0, 0.1) is 0 Å². The summed E-state index contributed by atoms with van der Waals surface area (Å²) in [5, 5.41) is 3.08. The predicted octanol–water partition coefficient (Wildman–Crippen LogP) is 3.78. The number of carbonyl (C=O) groups excluding carboxylic acids is 1. The first-order chi connectivity index (χ1) is 12.9. The van der Waals surface area contributed by atoms with E-state index >= 15 is 0 Å². The van der Waals surface area contributed by atoms with Gasteiger partial charge in [-0.25, -0.2) is 8.42 Å². The zero-order valence-corrected chi connectivity index (χ0v) is 16.5. The second-order valence-electron chi connectivity index (χ2n) is 6.29. The maximum Gasteiger partial charge on any atom is 0.255 e. The zero-order valence-electron chi connectivity index (χ0n) is 14.9. The minimum absolute atomic E-state index is 0.231. The highest BCUT2D eigenvalue weighted by Crippen LogP contribution is 2.26. The quantitative estimate of drug-likeness (QED) is 0.816. The number of ether oxygens (including phenoxy) is 1. The summed E-state index contributed by atoms with van der Waals surface area (Å²) in [5.74, 6) is 0.145. The highest BCUT2D eigenvalue weighted by atomic mass is 35.5. The SMILES string of the molecule is COc1ccc(C(=O)Nc2ccc(S(=O)(=O)N3CCCCC3)cc2)cc1Cl. The minimum atomic E-state index is -3.48. The standard InChI is InChI=1S/C19H21ClN2O4S/c1-26-18-10-5-14(13-17(18)20)19(23)21-15-6-8-16(9-7-15)27(24,25)22-11-3-2-4-12-22/h5-10,13H,2-4,11-12H2,1H3,(H,21,23). The Morgan fingerprint density at radius 1 is 1.07 bits per heavy atom. The first-order valence-electron chi connectivity index (χ1n) is 8.67. The second kappa shape index (κ2) is 8.29. The van der Waals surface area contributed by atoms with Crippen molar-refractivity contribution in [3.63, 3.8) is 0 Å². The van der Waals surface area contributed by atoms with Crippen LogP contribution >= 0.6 is 11.6 Å². The predicted molar refractivity (Wildman–Crippen MR) is 105 cm³/mol. The van der Waals surface area contributed by atoms with E-state index in [1.54, 1.807) is 24.3 Å². The number of sulfonamides is 1. The van der Waals surface area contributed by atoms with E-state index < -0.39 is 10.0 Å². The number of nitrogens with one attached hydrogen (secondary N) is 1. The molecule has 1 aliphatic rings. The molecule has 0 unspecified atom stereocenters. The van der Waals surface area contributed by atoms with Crippen molar-refractivity contribution in [2.75, 3.05) is 25.5 Å². The third kappa shape index (κ3) is 4.43. The number of nitrogens with zero attached hydrogens (tertiary/aromatic N) is 1. The normalized spacial score (nSPS) is 15.3. The van der Waals surface area contributed by atoms with Crippen LogP contribution in [-0.2, 0) is 10.0 Å². The monoisotopic (exact) mass is 408 g/mol. The topological polar surface area (TPSA) is 75.7 Å². The first kappa shape index (κ1) is 19.7. The van der Waals surface area contributed by atoms with Crippen molar-refractivity contribution in [2.45, 2.75) is 24.2 Å². The Balaban J connectivity index is 1.72. The van der Waals surface area contributed by atoms with E-state index in [0.29, 0.717) is 35.1 Å². The summed E-state index contributed by atoms with van der Waals surface area (Å²) in [6.45, 7) is 1.11. The Bertz CT molecular complexity index is 923. The van der Waals surface area contributed by atoms with Gasteiger partial charge in [0, 0.05) is 24.3 Å². The molecule has 0 radical (unpaired) electrons. The highest BCUT2D eigenvalue weighted by molar-refractivity contribution is 7.89. The summed E-state index contributed by atoms with van der Waals surface area (Å²) >= 11 is 6.05. The molecular formula is C19H21ClN2O4S. The molecule has 1 saturated heterocycles. The number of amides is 1. The number of halogens is 1. The molecule has 3 rings (SSSR count). The lowest BCUT2D eigenvalue weighted by molar-refractivity contribution is 0.102. The molecule has 0 aromatic heterocycles. The van der Waals surface area contributed by atoms with Gasteiger partial charge in [-0.05, 0) is 55.3 Å². The van der Waals surface area contributed by atoms with Crippen LogP contribution in [0.4, 0.5) is 5.69 Å². The molecule has 0 aliphatic carbocycles. The fourth-order valence-electron chi connectivity index (χ4n) is 2.98. The van der Waals surface area contributed by atoms with E-state index in [2.05, 4.69) is 5.32 Å². The van der Waals surface area contributed by atoms with Gasteiger partial charge < -0.3 is 10.1 Å². The number of carbonyl (C=O) groups is 1. The van der Waals surface area contributed by atoms with Crippen LogP contribution in [0.25, 0.3) is 0 Å². The van der Waals surface area contributed by atoms with Crippen molar-refractivity contribution in [1.82, 2.24) is 4.31 Å². The van der Waals surface area contributed by atoms with Gasteiger partial charge in [0.25, 0.3) is 5.91 Å². The molecule has 2 aromatic carbocycles. The summed E-state index contributed by atoms with van der Waals surface area (Å²) in [6.07, 6.45) is 2.84. The van der Waals surface area contributed by atoms with E-state index in [9.17, 15) is 13.2 Å². The van der Waals surface area contributed by atoms with Gasteiger partial charge in [0.2, 0.25) is 10.0 Å². The molecule has 144 valence electrons. The molecule has 8 heteroatoms. The van der Waals surface area contributed by atoms with Crippen molar-refractivity contribution in [3.05, 3.63) is 53.1 Å². The van der Waals surface area contributed by atoms with Crippen LogP contribution in [0.3, 0.4) is 0 Å². The molecule has 0 bridgehead atoms. The van der Waals surface area contributed by atoms with Crippen molar-refractivity contribution in [3.8, 4) is 5.75 Å². The Kier molecular flexibility index (Phi) is 6.04. The van der Waals surface area contributed by atoms with Gasteiger partial charge in [-0.15, -0.1) is 0 Å². The maximum atomic E-state index is 12.7. The van der Waals surface area contributed by atoms with Crippen LogP contribution in [0.1, 0.15) is 29.6 Å². The number of benzene rings is 2.